The molecule has 7 rings (SSSR count). The lowest BCUT2D eigenvalue weighted by atomic mass is 9.32. The standard InChI is InChI=1S/C48H70N2O7S/c1-32(2)35-17-22-48(31-50(40(51)15-16-41(52)53)26-8-25-49-27-29-58(56,57)30-28-49)24-23-46(6)37(42(35)48)13-14-39-45(5)20-18-36(33-9-11-34(12-10-33)43(54)55)44(3,4)38(45)19-21-47(39,46)7/h9-12,18,35,37-39,42H,1,8,13-17,19-31H2,2-7H3,(H,52,53)(H,54,55). The Morgan fingerprint density at radius 3 is 2.19 bits per heavy atom. The van der Waals surface area contributed by atoms with Crippen LogP contribution in [0.2, 0.25) is 0 Å². The molecule has 320 valence electrons. The quantitative estimate of drug-likeness (QED) is 0.200. The second kappa shape index (κ2) is 15.5. The third-order valence-corrected chi connectivity index (χ3v) is 19.6. The van der Waals surface area contributed by atoms with E-state index in [2.05, 4.69) is 59.1 Å². The van der Waals surface area contributed by atoms with Gasteiger partial charge in [-0.05, 0) is 158 Å². The summed E-state index contributed by atoms with van der Waals surface area (Å²) < 4.78 is 24.1. The first-order valence-corrected chi connectivity index (χ1v) is 24.1. The molecule has 1 amide bonds. The first kappa shape index (κ1) is 43.1. The fourth-order valence-corrected chi connectivity index (χ4v) is 16.2. The van der Waals surface area contributed by atoms with Gasteiger partial charge in [0.05, 0.1) is 23.5 Å². The smallest absolute Gasteiger partial charge is 0.335 e. The molecule has 5 fully saturated rings. The van der Waals surface area contributed by atoms with Crippen molar-refractivity contribution in [3.8, 4) is 0 Å². The highest BCUT2D eigenvalue weighted by Crippen LogP contribution is 2.77. The lowest BCUT2D eigenvalue weighted by Crippen LogP contribution is -2.66. The second-order valence-corrected chi connectivity index (χ2v) is 23.3. The number of fused-ring (bicyclic) bond motifs is 7. The van der Waals surface area contributed by atoms with Crippen molar-refractivity contribution in [3.05, 3.63) is 53.6 Å². The van der Waals surface area contributed by atoms with Crippen molar-refractivity contribution >= 4 is 33.3 Å². The first-order valence-electron chi connectivity index (χ1n) is 22.3. The van der Waals surface area contributed by atoms with Crippen LogP contribution in [0.15, 0.2) is 42.5 Å². The Labute approximate surface area is 348 Å². The molecule has 5 aliphatic carbocycles. The van der Waals surface area contributed by atoms with Gasteiger partial charge in [-0.1, -0.05) is 65.0 Å². The number of carboxylic acid groups (broad SMARTS) is 2. The number of carbonyl (C=O) groups is 3. The minimum atomic E-state index is -2.97. The summed E-state index contributed by atoms with van der Waals surface area (Å²) in [7, 11) is -2.97. The van der Waals surface area contributed by atoms with Crippen LogP contribution in [-0.2, 0) is 19.4 Å². The van der Waals surface area contributed by atoms with E-state index >= 15 is 0 Å². The van der Waals surface area contributed by atoms with E-state index in [1.54, 1.807) is 12.1 Å². The third kappa shape index (κ3) is 7.32. The average Bonchev–Trinajstić information content (AvgIpc) is 3.54. The van der Waals surface area contributed by atoms with Gasteiger partial charge >= 0.3 is 11.9 Å². The minimum absolute atomic E-state index is 0.00273. The van der Waals surface area contributed by atoms with E-state index in [1.165, 1.54) is 30.4 Å². The van der Waals surface area contributed by atoms with Crippen molar-refractivity contribution < 1.29 is 33.0 Å². The molecule has 10 heteroatoms. The fraction of sp³-hybridized carbons (Fsp3) is 0.729. The first-order chi connectivity index (χ1) is 27.2. The van der Waals surface area contributed by atoms with Gasteiger partial charge in [0.1, 0.15) is 0 Å². The van der Waals surface area contributed by atoms with E-state index in [0.29, 0.717) is 61.3 Å². The number of carbonyl (C=O) groups excluding carboxylic acids is 1. The highest BCUT2D eigenvalue weighted by molar-refractivity contribution is 7.91. The van der Waals surface area contributed by atoms with E-state index < -0.39 is 21.8 Å². The van der Waals surface area contributed by atoms with Gasteiger partial charge in [0.2, 0.25) is 5.91 Å². The van der Waals surface area contributed by atoms with Gasteiger partial charge < -0.3 is 20.0 Å². The number of amides is 1. The van der Waals surface area contributed by atoms with Crippen LogP contribution in [0.25, 0.3) is 5.57 Å². The van der Waals surface area contributed by atoms with Crippen molar-refractivity contribution in [2.45, 2.75) is 119 Å². The monoisotopic (exact) mass is 818 g/mol. The normalized spacial score (nSPS) is 37.6. The van der Waals surface area contributed by atoms with Crippen molar-refractivity contribution in [2.24, 2.45) is 56.7 Å². The van der Waals surface area contributed by atoms with E-state index in [1.807, 2.05) is 17.0 Å². The van der Waals surface area contributed by atoms with E-state index in [0.717, 1.165) is 57.1 Å². The maximum absolute atomic E-state index is 14.0. The largest absolute Gasteiger partial charge is 0.481 e. The van der Waals surface area contributed by atoms with E-state index in [-0.39, 0.29) is 57.3 Å². The van der Waals surface area contributed by atoms with Crippen LogP contribution in [0.4, 0.5) is 0 Å². The molecule has 0 bridgehead atoms. The predicted octanol–water partition coefficient (Wildman–Crippen LogP) is 8.85. The van der Waals surface area contributed by atoms with E-state index in [9.17, 15) is 33.0 Å². The summed E-state index contributed by atoms with van der Waals surface area (Å²) in [4.78, 5) is 41.4. The molecule has 1 aromatic rings. The number of sulfone groups is 1. The summed E-state index contributed by atoms with van der Waals surface area (Å²) >= 11 is 0. The highest BCUT2D eigenvalue weighted by Gasteiger charge is 2.70. The van der Waals surface area contributed by atoms with Crippen LogP contribution in [0.5, 0.6) is 0 Å². The van der Waals surface area contributed by atoms with E-state index in [4.69, 9.17) is 0 Å². The van der Waals surface area contributed by atoms with Crippen LogP contribution in [0.1, 0.15) is 135 Å². The zero-order valence-corrected chi connectivity index (χ0v) is 37.0. The number of benzene rings is 1. The summed E-state index contributed by atoms with van der Waals surface area (Å²) in [5.41, 5.74) is 4.37. The molecular formula is C48H70N2O7S. The van der Waals surface area contributed by atoms with Crippen molar-refractivity contribution in [1.82, 2.24) is 9.80 Å². The number of hydrogen-bond acceptors (Lipinski definition) is 6. The number of aromatic carboxylic acids is 1. The second-order valence-electron chi connectivity index (χ2n) is 21.0. The molecular weight excluding hydrogens is 749 g/mol. The average molecular weight is 819 g/mol. The Morgan fingerprint density at radius 2 is 1.55 bits per heavy atom. The van der Waals surface area contributed by atoms with Gasteiger partial charge in [-0.25, -0.2) is 13.2 Å². The number of nitrogens with zero attached hydrogens (tertiary/aromatic N) is 2. The van der Waals surface area contributed by atoms with Gasteiger partial charge in [0.15, 0.2) is 9.84 Å². The number of rotatable bonds is 12. The van der Waals surface area contributed by atoms with Gasteiger partial charge in [0.25, 0.3) is 0 Å². The molecule has 1 aliphatic heterocycles. The molecule has 0 aromatic heterocycles. The Morgan fingerprint density at radius 1 is 0.862 bits per heavy atom. The number of hydrogen-bond donors (Lipinski definition) is 2. The molecule has 1 aromatic carbocycles. The van der Waals surface area contributed by atoms with Gasteiger partial charge in [0, 0.05) is 32.6 Å². The van der Waals surface area contributed by atoms with Crippen LogP contribution >= 0.6 is 0 Å². The molecule has 0 radical (unpaired) electrons. The van der Waals surface area contributed by atoms with Crippen molar-refractivity contribution in [2.75, 3.05) is 44.2 Å². The van der Waals surface area contributed by atoms with Gasteiger partial charge in [-0.3, -0.25) is 9.59 Å². The van der Waals surface area contributed by atoms with Crippen LogP contribution in [-0.4, -0.2) is 90.5 Å². The Balaban J connectivity index is 1.15. The SMILES string of the molecule is C=C(C)C1CCC2(CN(CCCN3CCS(=O)(=O)CC3)C(=O)CCC(=O)O)CCC3(C)C(CCC4C5(C)CC=C(c6ccc(C(=O)O)cc6)C(C)(C)C5CCC43C)C12. The molecule has 4 saturated carbocycles. The van der Waals surface area contributed by atoms with Gasteiger partial charge in [-0.15, -0.1) is 0 Å². The molecule has 2 N–H and O–H groups in total. The lowest BCUT2D eigenvalue weighted by Gasteiger charge is -2.72. The lowest BCUT2D eigenvalue weighted by molar-refractivity contribution is -0.226. The fourth-order valence-electron chi connectivity index (χ4n) is 15.0. The molecule has 9 unspecified atom stereocenters. The molecule has 9 nitrogen and oxygen atoms in total. The highest BCUT2D eigenvalue weighted by atomic mass is 32.2. The molecule has 9 atom stereocenters. The Hall–Kier alpha value is -2.98. The summed E-state index contributed by atoms with van der Waals surface area (Å²) in [5.74, 6) is 0.841. The summed E-state index contributed by atoms with van der Waals surface area (Å²) in [6.45, 7) is 22.5. The van der Waals surface area contributed by atoms with Gasteiger partial charge in [-0.2, -0.15) is 0 Å². The zero-order chi connectivity index (χ0) is 42.1. The predicted molar refractivity (Wildman–Crippen MR) is 229 cm³/mol. The third-order valence-electron chi connectivity index (χ3n) is 18.0. The zero-order valence-electron chi connectivity index (χ0n) is 36.2. The summed E-state index contributed by atoms with van der Waals surface area (Å²) in [6, 6.07) is 7.47. The van der Waals surface area contributed by atoms with Crippen LogP contribution in [0, 0.1) is 56.7 Å². The summed E-state index contributed by atoms with van der Waals surface area (Å²) in [6.07, 6.45) is 13.2. The number of aliphatic carboxylic acids is 1. The van der Waals surface area contributed by atoms with Crippen molar-refractivity contribution in [3.63, 3.8) is 0 Å². The molecule has 1 heterocycles. The van der Waals surface area contributed by atoms with Crippen LogP contribution in [0.3, 0.4) is 0 Å². The Bertz CT molecular complexity index is 1930. The molecule has 0 spiro atoms. The van der Waals surface area contributed by atoms with Crippen LogP contribution < -0.4 is 0 Å². The topological polar surface area (TPSA) is 132 Å². The maximum Gasteiger partial charge on any atom is 0.335 e. The summed E-state index contributed by atoms with van der Waals surface area (Å²) in [5, 5.41) is 19.1. The maximum atomic E-state index is 14.0. The molecule has 58 heavy (non-hydrogen) atoms. The van der Waals surface area contributed by atoms with Crippen molar-refractivity contribution in [1.29, 1.82) is 0 Å². The number of allylic oxidation sites excluding steroid dienone is 3. The molecule has 6 aliphatic rings. The number of carboxylic acids is 2. The minimum Gasteiger partial charge on any atom is -0.481 e. The Kier molecular flexibility index (Phi) is 11.5. The molecule has 1 saturated heterocycles.